The Hall–Kier alpha value is -2.25. The summed E-state index contributed by atoms with van der Waals surface area (Å²) in [5.74, 6) is -0.646. The van der Waals surface area contributed by atoms with Gasteiger partial charge in [-0.25, -0.2) is 4.79 Å². The second-order valence-corrected chi connectivity index (χ2v) is 5.06. The molecule has 0 heterocycles. The van der Waals surface area contributed by atoms with Crippen LogP contribution < -0.4 is 16.0 Å². The van der Waals surface area contributed by atoms with E-state index >= 15 is 0 Å². The second kappa shape index (κ2) is 7.15. The Balaban J connectivity index is 2.62. The minimum absolute atomic E-state index is 0.0961. The molecule has 0 atom stereocenters. The van der Waals surface area contributed by atoms with E-state index in [4.69, 9.17) is 0 Å². The van der Waals surface area contributed by atoms with E-state index in [2.05, 4.69) is 16.0 Å². The van der Waals surface area contributed by atoms with Gasteiger partial charge in [0.05, 0.1) is 12.1 Å². The maximum absolute atomic E-state index is 12.8. The van der Waals surface area contributed by atoms with Gasteiger partial charge in [0.15, 0.2) is 0 Å². The number of halogens is 3. The molecule has 0 aliphatic carbocycles. The molecule has 0 saturated heterocycles. The molecule has 5 nitrogen and oxygen atoms in total. The van der Waals surface area contributed by atoms with Gasteiger partial charge in [-0.05, 0) is 38.5 Å². The molecule has 0 aliphatic heterocycles. The van der Waals surface area contributed by atoms with Crippen LogP contribution >= 0.6 is 0 Å². The Labute approximate surface area is 126 Å². The van der Waals surface area contributed by atoms with Crippen molar-refractivity contribution in [1.29, 1.82) is 0 Å². The summed E-state index contributed by atoms with van der Waals surface area (Å²) in [4.78, 5) is 22.8. The quantitative estimate of drug-likeness (QED) is 0.799. The number of nitrogens with one attached hydrogen (secondary N) is 3. The van der Waals surface area contributed by atoms with Crippen molar-refractivity contribution in [1.82, 2.24) is 10.6 Å². The summed E-state index contributed by atoms with van der Waals surface area (Å²) < 4.78 is 38.3. The van der Waals surface area contributed by atoms with Gasteiger partial charge >= 0.3 is 12.2 Å². The fraction of sp³-hybridized carbons (Fsp3) is 0.429. The van der Waals surface area contributed by atoms with E-state index in [1.807, 2.05) is 0 Å². The molecule has 0 saturated carbocycles. The third-order valence-electron chi connectivity index (χ3n) is 2.67. The molecule has 1 rings (SSSR count). The zero-order valence-corrected chi connectivity index (χ0v) is 12.5. The van der Waals surface area contributed by atoms with E-state index < -0.39 is 23.7 Å². The van der Waals surface area contributed by atoms with Crippen molar-refractivity contribution in [3.8, 4) is 0 Å². The predicted molar refractivity (Wildman–Crippen MR) is 76.5 cm³/mol. The molecule has 0 aliphatic rings. The molecule has 122 valence electrons. The first-order chi connectivity index (χ1) is 10.1. The molecule has 22 heavy (non-hydrogen) atoms. The minimum Gasteiger partial charge on any atom is -0.376 e. The fourth-order valence-electron chi connectivity index (χ4n) is 1.69. The highest BCUT2D eigenvalue weighted by molar-refractivity contribution is 5.96. The lowest BCUT2D eigenvalue weighted by atomic mass is 10.1. The third kappa shape index (κ3) is 5.63. The molecular weight excluding hydrogens is 299 g/mol. The number of benzene rings is 1. The Kier molecular flexibility index (Phi) is 5.78. The molecule has 1 aromatic rings. The average molecular weight is 317 g/mol. The van der Waals surface area contributed by atoms with Gasteiger partial charge in [-0.15, -0.1) is 0 Å². The van der Waals surface area contributed by atoms with Gasteiger partial charge < -0.3 is 10.6 Å². The van der Waals surface area contributed by atoms with Crippen molar-refractivity contribution in [2.75, 3.05) is 11.9 Å². The number of amides is 3. The van der Waals surface area contributed by atoms with E-state index in [0.717, 1.165) is 6.07 Å². The van der Waals surface area contributed by atoms with Crippen LogP contribution in [0, 0.1) is 6.92 Å². The fourth-order valence-corrected chi connectivity index (χ4v) is 1.69. The number of imide groups is 1. The smallest absolute Gasteiger partial charge is 0.376 e. The standard InChI is InChI=1S/C14H18F3N3O2/c1-8(2)19-13(22)20-12(21)7-18-10-5-4-9(3)11(6-10)14(15,16)17/h4-6,8,18H,7H2,1-3H3,(H2,19,20,21,22). The number of rotatable bonds is 4. The first-order valence-electron chi connectivity index (χ1n) is 6.61. The van der Waals surface area contributed by atoms with Gasteiger partial charge in [0.25, 0.3) is 0 Å². The Bertz CT molecular complexity index is 557. The number of aryl methyl sites for hydroxylation is 1. The number of anilines is 1. The van der Waals surface area contributed by atoms with Crippen LogP contribution in [0.25, 0.3) is 0 Å². The van der Waals surface area contributed by atoms with Crippen molar-refractivity contribution in [3.05, 3.63) is 29.3 Å². The van der Waals surface area contributed by atoms with Gasteiger partial charge in [-0.2, -0.15) is 13.2 Å². The predicted octanol–water partition coefficient (Wildman–Crippen LogP) is 2.66. The lowest BCUT2D eigenvalue weighted by Crippen LogP contribution is -2.44. The molecule has 0 spiro atoms. The highest BCUT2D eigenvalue weighted by Gasteiger charge is 2.32. The van der Waals surface area contributed by atoms with Crippen molar-refractivity contribution >= 4 is 17.6 Å². The van der Waals surface area contributed by atoms with Crippen LogP contribution in [0.1, 0.15) is 25.0 Å². The monoisotopic (exact) mass is 317 g/mol. The van der Waals surface area contributed by atoms with Crippen LogP contribution in [0.3, 0.4) is 0 Å². The van der Waals surface area contributed by atoms with Crippen LogP contribution in [-0.4, -0.2) is 24.5 Å². The molecule has 0 radical (unpaired) electrons. The van der Waals surface area contributed by atoms with Gasteiger partial charge in [0.1, 0.15) is 0 Å². The number of hydrogen-bond acceptors (Lipinski definition) is 3. The maximum atomic E-state index is 12.8. The zero-order chi connectivity index (χ0) is 16.9. The summed E-state index contributed by atoms with van der Waals surface area (Å²) in [6.45, 7) is 4.50. The van der Waals surface area contributed by atoms with E-state index in [9.17, 15) is 22.8 Å². The summed E-state index contributed by atoms with van der Waals surface area (Å²) in [6.07, 6.45) is -4.46. The number of hydrogen-bond donors (Lipinski definition) is 3. The number of alkyl halides is 3. The average Bonchev–Trinajstić information content (AvgIpc) is 2.35. The molecular formula is C14H18F3N3O2. The van der Waals surface area contributed by atoms with Gasteiger partial charge in [0.2, 0.25) is 5.91 Å². The molecule has 0 aromatic heterocycles. The summed E-state index contributed by atoms with van der Waals surface area (Å²) in [5, 5.41) is 7.08. The summed E-state index contributed by atoms with van der Waals surface area (Å²) in [6, 6.07) is 2.89. The normalized spacial score (nSPS) is 11.2. The number of urea groups is 1. The van der Waals surface area contributed by atoms with Crippen molar-refractivity contribution in [3.63, 3.8) is 0 Å². The summed E-state index contributed by atoms with van der Waals surface area (Å²) >= 11 is 0. The highest BCUT2D eigenvalue weighted by Crippen LogP contribution is 2.33. The van der Waals surface area contributed by atoms with Crippen LogP contribution in [-0.2, 0) is 11.0 Å². The Morgan fingerprint density at radius 3 is 2.41 bits per heavy atom. The summed E-state index contributed by atoms with van der Waals surface area (Å²) in [5.41, 5.74) is -0.522. The minimum atomic E-state index is -4.46. The molecule has 0 bridgehead atoms. The van der Waals surface area contributed by atoms with E-state index in [-0.39, 0.29) is 23.8 Å². The first kappa shape index (κ1) is 17.8. The van der Waals surface area contributed by atoms with Crippen molar-refractivity contribution in [2.24, 2.45) is 0 Å². The molecule has 3 amide bonds. The maximum Gasteiger partial charge on any atom is 0.416 e. The van der Waals surface area contributed by atoms with Crippen LogP contribution in [0.2, 0.25) is 0 Å². The number of carbonyl (C=O) groups is 2. The molecule has 3 N–H and O–H groups in total. The largest absolute Gasteiger partial charge is 0.416 e. The third-order valence-corrected chi connectivity index (χ3v) is 2.67. The SMILES string of the molecule is Cc1ccc(NCC(=O)NC(=O)NC(C)C)cc1C(F)(F)F. The number of carbonyl (C=O) groups excluding carboxylic acids is 2. The molecule has 1 aromatic carbocycles. The van der Waals surface area contributed by atoms with Crippen LogP contribution in [0.15, 0.2) is 18.2 Å². The first-order valence-corrected chi connectivity index (χ1v) is 6.61. The topological polar surface area (TPSA) is 70.2 Å². The van der Waals surface area contributed by atoms with E-state index in [0.29, 0.717) is 0 Å². The molecule has 0 unspecified atom stereocenters. The van der Waals surface area contributed by atoms with Crippen molar-refractivity contribution in [2.45, 2.75) is 33.0 Å². The van der Waals surface area contributed by atoms with Crippen LogP contribution in [0.4, 0.5) is 23.7 Å². The van der Waals surface area contributed by atoms with E-state index in [1.54, 1.807) is 13.8 Å². The Morgan fingerprint density at radius 1 is 1.23 bits per heavy atom. The molecule has 8 heteroatoms. The molecule has 0 fully saturated rings. The van der Waals surface area contributed by atoms with Crippen LogP contribution in [0.5, 0.6) is 0 Å². The lowest BCUT2D eigenvalue weighted by Gasteiger charge is -2.13. The lowest BCUT2D eigenvalue weighted by molar-refractivity contribution is -0.138. The Morgan fingerprint density at radius 2 is 1.86 bits per heavy atom. The zero-order valence-electron chi connectivity index (χ0n) is 12.5. The second-order valence-electron chi connectivity index (χ2n) is 5.06. The summed E-state index contributed by atoms with van der Waals surface area (Å²) in [7, 11) is 0. The van der Waals surface area contributed by atoms with Gasteiger partial charge in [0, 0.05) is 11.7 Å². The van der Waals surface area contributed by atoms with E-state index in [1.165, 1.54) is 19.1 Å². The van der Waals surface area contributed by atoms with Gasteiger partial charge in [-0.1, -0.05) is 6.07 Å². The van der Waals surface area contributed by atoms with Crippen molar-refractivity contribution < 1.29 is 22.8 Å². The van der Waals surface area contributed by atoms with Gasteiger partial charge in [-0.3, -0.25) is 10.1 Å². The highest BCUT2D eigenvalue weighted by atomic mass is 19.4.